The molecule has 0 aliphatic rings. The van der Waals surface area contributed by atoms with E-state index in [0.717, 1.165) is 66.6 Å². The number of rotatable bonds is 4. The molecule has 12 aromatic rings. The first-order chi connectivity index (χ1) is 27.3. The van der Waals surface area contributed by atoms with Crippen molar-refractivity contribution in [3.63, 3.8) is 0 Å². The number of hydrogen-bond donors (Lipinski definition) is 0. The van der Waals surface area contributed by atoms with E-state index >= 15 is 0 Å². The fourth-order valence-corrected chi connectivity index (χ4v) is 9.79. The van der Waals surface area contributed by atoms with Crippen LogP contribution in [0.5, 0.6) is 0 Å². The number of furan rings is 1. The van der Waals surface area contributed by atoms with E-state index < -0.39 is 0 Å². The van der Waals surface area contributed by atoms with Crippen LogP contribution in [0.15, 0.2) is 180 Å². The molecule has 4 nitrogen and oxygen atoms in total. The smallest absolute Gasteiger partial charge is 0.161 e. The summed E-state index contributed by atoms with van der Waals surface area (Å²) >= 11 is 1.87. The summed E-state index contributed by atoms with van der Waals surface area (Å²) in [5.74, 6) is 0.679. The number of fused-ring (bicyclic) bond motifs is 12. The highest BCUT2D eigenvalue weighted by molar-refractivity contribution is 7.26. The maximum atomic E-state index is 6.36. The summed E-state index contributed by atoms with van der Waals surface area (Å²) < 4.78 is 11.3. The molecule has 0 N–H and O–H groups in total. The van der Waals surface area contributed by atoms with E-state index in [4.69, 9.17) is 14.4 Å². The van der Waals surface area contributed by atoms with Gasteiger partial charge in [0.05, 0.1) is 22.4 Å². The molecule has 0 saturated carbocycles. The van der Waals surface area contributed by atoms with Crippen LogP contribution < -0.4 is 0 Å². The topological polar surface area (TPSA) is 43.9 Å². The van der Waals surface area contributed by atoms with Crippen LogP contribution >= 0.6 is 11.3 Å². The lowest BCUT2D eigenvalue weighted by Gasteiger charge is -2.14. The number of benzene rings is 8. The van der Waals surface area contributed by atoms with Crippen molar-refractivity contribution in [3.8, 4) is 39.6 Å². The molecule has 4 aromatic heterocycles. The lowest BCUT2D eigenvalue weighted by atomic mass is 9.96. The third-order valence-corrected chi connectivity index (χ3v) is 12.2. The molecular formula is C50H29N3OS. The Balaban J connectivity index is 1.22. The molecule has 0 fully saturated rings. The Bertz CT molecular complexity index is 3490. The lowest BCUT2D eigenvalue weighted by molar-refractivity contribution is 0.669. The maximum absolute atomic E-state index is 6.36. The van der Waals surface area contributed by atoms with Crippen LogP contribution in [-0.4, -0.2) is 14.5 Å². The van der Waals surface area contributed by atoms with Gasteiger partial charge in [-0.25, -0.2) is 9.97 Å². The molecule has 0 atom stereocenters. The molecule has 0 spiro atoms. The van der Waals surface area contributed by atoms with Crippen LogP contribution in [0, 0.1) is 0 Å². The molecule has 0 saturated heterocycles. The number of nitrogens with zero attached hydrogens (tertiary/aromatic N) is 3. The Morgan fingerprint density at radius 2 is 1.09 bits per heavy atom. The standard InChI is InChI=1S/C50H29N3OS/c1-3-13-30(14-4-1)40-29-41(31-23-24-34-33-17-8-11-21-44(33)54-45(34)27-31)52-50(51-40)39-28-43-47(38-19-7-10-20-42(38)53(43)32-15-5-2-6-16-32)48-36(39)25-26-37-35-18-9-12-22-46(35)55-49(37)48/h1-29H. The van der Waals surface area contributed by atoms with Crippen molar-refractivity contribution in [2.45, 2.75) is 0 Å². The zero-order chi connectivity index (χ0) is 36.0. The molecule has 4 heterocycles. The van der Waals surface area contributed by atoms with Gasteiger partial charge in [0.15, 0.2) is 5.82 Å². The van der Waals surface area contributed by atoms with Gasteiger partial charge >= 0.3 is 0 Å². The van der Waals surface area contributed by atoms with E-state index in [1.54, 1.807) is 0 Å². The third kappa shape index (κ3) is 4.57. The first-order valence-corrected chi connectivity index (χ1v) is 19.3. The van der Waals surface area contributed by atoms with Crippen molar-refractivity contribution in [1.29, 1.82) is 0 Å². The fraction of sp³-hybridized carbons (Fsp3) is 0. The highest BCUT2D eigenvalue weighted by Crippen LogP contribution is 2.47. The Hall–Kier alpha value is -7.08. The molecule has 0 amide bonds. The van der Waals surface area contributed by atoms with E-state index in [1.807, 2.05) is 29.5 Å². The van der Waals surface area contributed by atoms with Gasteiger partial charge in [0.1, 0.15) is 11.2 Å². The van der Waals surface area contributed by atoms with Crippen LogP contribution in [0.25, 0.3) is 114 Å². The number of hydrogen-bond acceptors (Lipinski definition) is 4. The van der Waals surface area contributed by atoms with Crippen molar-refractivity contribution in [3.05, 3.63) is 176 Å². The first kappa shape index (κ1) is 30.4. The fourth-order valence-electron chi connectivity index (χ4n) is 8.53. The normalized spacial score (nSPS) is 12.0. The van der Waals surface area contributed by atoms with Crippen molar-refractivity contribution in [2.75, 3.05) is 0 Å². The van der Waals surface area contributed by atoms with Gasteiger partial charge in [0, 0.05) is 69.5 Å². The Morgan fingerprint density at radius 1 is 0.436 bits per heavy atom. The van der Waals surface area contributed by atoms with Crippen LogP contribution in [0.4, 0.5) is 0 Å². The van der Waals surface area contributed by atoms with Crippen molar-refractivity contribution >= 4 is 86.0 Å². The van der Waals surface area contributed by atoms with Gasteiger partial charge in [-0.2, -0.15) is 0 Å². The third-order valence-electron chi connectivity index (χ3n) is 11.0. The summed E-state index contributed by atoms with van der Waals surface area (Å²) in [6, 6.07) is 62.3. The van der Waals surface area contributed by atoms with E-state index in [2.05, 4.69) is 162 Å². The molecule has 0 aliphatic heterocycles. The van der Waals surface area contributed by atoms with E-state index in [-0.39, 0.29) is 0 Å². The van der Waals surface area contributed by atoms with Crippen molar-refractivity contribution in [2.24, 2.45) is 0 Å². The summed E-state index contributed by atoms with van der Waals surface area (Å²) in [5.41, 5.74) is 9.83. The summed E-state index contributed by atoms with van der Waals surface area (Å²) in [7, 11) is 0. The largest absolute Gasteiger partial charge is 0.456 e. The molecule has 12 rings (SSSR count). The minimum Gasteiger partial charge on any atom is -0.456 e. The van der Waals surface area contributed by atoms with Gasteiger partial charge in [0.25, 0.3) is 0 Å². The van der Waals surface area contributed by atoms with Crippen LogP contribution in [0.2, 0.25) is 0 Å². The maximum Gasteiger partial charge on any atom is 0.161 e. The molecule has 0 bridgehead atoms. The quantitative estimate of drug-likeness (QED) is 0.182. The average molecular weight is 720 g/mol. The van der Waals surface area contributed by atoms with Crippen LogP contribution in [0.1, 0.15) is 0 Å². The molecule has 8 aromatic carbocycles. The monoisotopic (exact) mass is 719 g/mol. The second kappa shape index (κ2) is 11.7. The predicted octanol–water partition coefficient (Wildman–Crippen LogP) is 14.0. The van der Waals surface area contributed by atoms with Gasteiger partial charge in [0.2, 0.25) is 0 Å². The molecule has 256 valence electrons. The molecule has 0 aliphatic carbocycles. The highest BCUT2D eigenvalue weighted by atomic mass is 32.1. The average Bonchev–Trinajstić information content (AvgIpc) is 3.93. The number of para-hydroxylation sites is 3. The lowest BCUT2D eigenvalue weighted by Crippen LogP contribution is -1.98. The Kier molecular flexibility index (Phi) is 6.47. The predicted molar refractivity (Wildman–Crippen MR) is 230 cm³/mol. The van der Waals surface area contributed by atoms with Crippen molar-refractivity contribution in [1.82, 2.24) is 14.5 Å². The van der Waals surface area contributed by atoms with E-state index in [0.29, 0.717) is 5.82 Å². The summed E-state index contributed by atoms with van der Waals surface area (Å²) in [6.45, 7) is 0. The van der Waals surface area contributed by atoms with Crippen LogP contribution in [-0.2, 0) is 0 Å². The summed E-state index contributed by atoms with van der Waals surface area (Å²) in [5, 5.41) is 9.57. The molecular weight excluding hydrogens is 691 g/mol. The minimum atomic E-state index is 0.679. The van der Waals surface area contributed by atoms with Gasteiger partial charge in [-0.15, -0.1) is 11.3 Å². The summed E-state index contributed by atoms with van der Waals surface area (Å²) in [4.78, 5) is 10.8. The second-order valence-corrected chi connectivity index (χ2v) is 15.2. The van der Waals surface area contributed by atoms with Crippen LogP contribution in [0.3, 0.4) is 0 Å². The summed E-state index contributed by atoms with van der Waals surface area (Å²) in [6.07, 6.45) is 0. The Labute approximate surface area is 319 Å². The van der Waals surface area contributed by atoms with Crippen molar-refractivity contribution < 1.29 is 4.42 Å². The van der Waals surface area contributed by atoms with E-state index in [1.165, 1.54) is 41.8 Å². The van der Waals surface area contributed by atoms with E-state index in [9.17, 15) is 0 Å². The second-order valence-electron chi connectivity index (χ2n) is 14.1. The minimum absolute atomic E-state index is 0.679. The number of aromatic nitrogens is 3. The highest BCUT2D eigenvalue weighted by Gasteiger charge is 2.23. The zero-order valence-electron chi connectivity index (χ0n) is 29.4. The molecule has 0 unspecified atom stereocenters. The van der Waals surface area contributed by atoms with Gasteiger partial charge in [-0.05, 0) is 60.0 Å². The molecule has 55 heavy (non-hydrogen) atoms. The van der Waals surface area contributed by atoms with Gasteiger partial charge in [-0.3, -0.25) is 0 Å². The molecule has 5 heteroatoms. The zero-order valence-corrected chi connectivity index (χ0v) is 30.2. The Morgan fingerprint density at radius 3 is 1.95 bits per heavy atom. The van der Waals surface area contributed by atoms with Gasteiger partial charge < -0.3 is 8.98 Å². The van der Waals surface area contributed by atoms with Gasteiger partial charge in [-0.1, -0.05) is 121 Å². The SMILES string of the molecule is c1ccc(-c2cc(-c3ccc4c(c3)oc3ccccc34)nc(-c3cc4c(c5ccccc5n4-c4ccccc4)c4c3ccc3c5ccccc5sc34)n2)cc1. The first-order valence-electron chi connectivity index (χ1n) is 18.5. The number of thiophene rings is 1. The molecule has 0 radical (unpaired) electrons.